The summed E-state index contributed by atoms with van der Waals surface area (Å²) >= 11 is 0. The van der Waals surface area contributed by atoms with Crippen LogP contribution in [0.4, 0.5) is 0 Å². The maximum Gasteiger partial charge on any atom is 0.265 e. The molecule has 2 heterocycles. The molecule has 3 rings (SSSR count). The zero-order chi connectivity index (χ0) is 14.7. The van der Waals surface area contributed by atoms with Crippen LogP contribution in [0.3, 0.4) is 0 Å². The molecule has 0 radical (unpaired) electrons. The Balaban J connectivity index is 1.59. The quantitative estimate of drug-likeness (QED) is 0.934. The van der Waals surface area contributed by atoms with Gasteiger partial charge in [-0.3, -0.25) is 9.78 Å². The molecule has 1 aliphatic heterocycles. The molecule has 0 saturated heterocycles. The minimum atomic E-state index is -0.635. The van der Waals surface area contributed by atoms with E-state index in [4.69, 9.17) is 9.47 Å². The van der Waals surface area contributed by atoms with Gasteiger partial charge in [-0.1, -0.05) is 18.2 Å². The number of amides is 1. The van der Waals surface area contributed by atoms with E-state index in [2.05, 4.69) is 10.3 Å². The Morgan fingerprint density at radius 3 is 2.86 bits per heavy atom. The Labute approximate surface area is 122 Å². The van der Waals surface area contributed by atoms with Crippen LogP contribution in [0, 0.1) is 6.92 Å². The van der Waals surface area contributed by atoms with Crippen molar-refractivity contribution in [3.8, 4) is 11.5 Å². The minimum Gasteiger partial charge on any atom is -0.485 e. The lowest BCUT2D eigenvalue weighted by molar-refractivity contribution is -0.130. The van der Waals surface area contributed by atoms with Gasteiger partial charge in [0.05, 0.1) is 12.2 Å². The molecular formula is C16H16N2O3. The molecule has 5 heteroatoms. The zero-order valence-electron chi connectivity index (χ0n) is 11.7. The van der Waals surface area contributed by atoms with E-state index >= 15 is 0 Å². The number of ether oxygens (including phenoxy) is 2. The van der Waals surface area contributed by atoms with Crippen LogP contribution in [0.25, 0.3) is 0 Å². The van der Waals surface area contributed by atoms with Gasteiger partial charge in [0.15, 0.2) is 11.5 Å². The van der Waals surface area contributed by atoms with E-state index in [0.29, 0.717) is 18.0 Å². The molecule has 1 aliphatic rings. The van der Waals surface area contributed by atoms with Crippen molar-refractivity contribution in [3.05, 3.63) is 53.9 Å². The fourth-order valence-electron chi connectivity index (χ4n) is 2.14. The Morgan fingerprint density at radius 2 is 2.05 bits per heavy atom. The number of nitrogens with zero attached hydrogens (tertiary/aromatic N) is 1. The van der Waals surface area contributed by atoms with Gasteiger partial charge in [0, 0.05) is 5.69 Å². The number of hydrogen-bond acceptors (Lipinski definition) is 4. The van der Waals surface area contributed by atoms with Crippen molar-refractivity contribution < 1.29 is 14.3 Å². The number of hydrogen-bond donors (Lipinski definition) is 1. The molecule has 0 fully saturated rings. The summed E-state index contributed by atoms with van der Waals surface area (Å²) in [5.74, 6) is 1.06. The molecule has 1 unspecified atom stereocenters. The average molecular weight is 284 g/mol. The Morgan fingerprint density at radius 1 is 1.24 bits per heavy atom. The lowest BCUT2D eigenvalue weighted by Crippen LogP contribution is -2.43. The second-order valence-corrected chi connectivity index (χ2v) is 4.85. The Hall–Kier alpha value is -2.56. The van der Waals surface area contributed by atoms with Crippen molar-refractivity contribution in [2.45, 2.75) is 19.6 Å². The van der Waals surface area contributed by atoms with Gasteiger partial charge in [0.2, 0.25) is 6.10 Å². The number of pyridine rings is 1. The number of para-hydroxylation sites is 2. The molecule has 1 aromatic heterocycles. The highest BCUT2D eigenvalue weighted by Crippen LogP contribution is 2.30. The third-order valence-electron chi connectivity index (χ3n) is 3.19. The third kappa shape index (κ3) is 3.13. The Kier molecular flexibility index (Phi) is 3.73. The van der Waals surface area contributed by atoms with Crippen LogP contribution in [-0.4, -0.2) is 23.6 Å². The second-order valence-electron chi connectivity index (χ2n) is 4.85. The summed E-state index contributed by atoms with van der Waals surface area (Å²) in [6.07, 6.45) is -0.635. The van der Waals surface area contributed by atoms with E-state index in [0.717, 1.165) is 11.4 Å². The smallest absolute Gasteiger partial charge is 0.265 e. The van der Waals surface area contributed by atoms with Crippen LogP contribution >= 0.6 is 0 Å². The summed E-state index contributed by atoms with van der Waals surface area (Å²) in [5.41, 5.74) is 1.74. The van der Waals surface area contributed by atoms with Crippen LogP contribution < -0.4 is 14.8 Å². The molecule has 0 spiro atoms. The van der Waals surface area contributed by atoms with Crippen LogP contribution in [0.15, 0.2) is 42.5 Å². The van der Waals surface area contributed by atoms with E-state index in [9.17, 15) is 4.79 Å². The number of nitrogens with one attached hydrogen (secondary N) is 1. The van der Waals surface area contributed by atoms with Crippen molar-refractivity contribution in [2.75, 3.05) is 6.61 Å². The molecule has 108 valence electrons. The molecular weight excluding hydrogens is 268 g/mol. The topological polar surface area (TPSA) is 60.5 Å². The fourth-order valence-corrected chi connectivity index (χ4v) is 2.14. The number of carbonyl (C=O) groups excluding carboxylic acids is 1. The van der Waals surface area contributed by atoms with Crippen molar-refractivity contribution in [1.29, 1.82) is 0 Å². The van der Waals surface area contributed by atoms with Gasteiger partial charge in [-0.05, 0) is 31.2 Å². The maximum atomic E-state index is 12.1. The normalized spacial score (nSPS) is 16.3. The Bertz CT molecular complexity index is 657. The van der Waals surface area contributed by atoms with Crippen LogP contribution in [0.1, 0.15) is 11.4 Å². The molecule has 1 amide bonds. The first-order chi connectivity index (χ1) is 10.2. The second kappa shape index (κ2) is 5.83. The predicted molar refractivity (Wildman–Crippen MR) is 77.2 cm³/mol. The van der Waals surface area contributed by atoms with Gasteiger partial charge >= 0.3 is 0 Å². The van der Waals surface area contributed by atoms with Crippen LogP contribution in [0.5, 0.6) is 11.5 Å². The minimum absolute atomic E-state index is 0.201. The average Bonchev–Trinajstić information content (AvgIpc) is 2.52. The maximum absolute atomic E-state index is 12.1. The summed E-state index contributed by atoms with van der Waals surface area (Å²) in [4.78, 5) is 16.5. The van der Waals surface area contributed by atoms with Gasteiger partial charge in [-0.2, -0.15) is 0 Å². The molecule has 1 aromatic carbocycles. The fraction of sp³-hybridized carbons (Fsp3) is 0.250. The summed E-state index contributed by atoms with van der Waals surface area (Å²) in [5, 5.41) is 2.82. The lowest BCUT2D eigenvalue weighted by Gasteiger charge is -2.25. The van der Waals surface area contributed by atoms with Crippen molar-refractivity contribution >= 4 is 5.91 Å². The molecule has 5 nitrogen and oxygen atoms in total. The van der Waals surface area contributed by atoms with E-state index in [1.807, 2.05) is 43.3 Å². The molecule has 2 aromatic rings. The molecule has 1 atom stereocenters. The van der Waals surface area contributed by atoms with Gasteiger partial charge in [-0.15, -0.1) is 0 Å². The molecule has 0 saturated carbocycles. The van der Waals surface area contributed by atoms with E-state index < -0.39 is 6.10 Å². The molecule has 1 N–H and O–H groups in total. The number of rotatable bonds is 3. The zero-order valence-corrected chi connectivity index (χ0v) is 11.7. The largest absolute Gasteiger partial charge is 0.485 e. The highest BCUT2D eigenvalue weighted by Gasteiger charge is 2.26. The summed E-state index contributed by atoms with van der Waals surface area (Å²) in [6.45, 7) is 2.51. The van der Waals surface area contributed by atoms with Crippen LogP contribution in [0.2, 0.25) is 0 Å². The van der Waals surface area contributed by atoms with E-state index in [-0.39, 0.29) is 12.5 Å². The first-order valence-electron chi connectivity index (χ1n) is 6.81. The standard InChI is InChI=1S/C16H16N2O3/c1-11-5-4-6-12(18-11)9-17-16(19)15-10-20-13-7-2-3-8-14(13)21-15/h2-8,15H,9-10H2,1H3,(H,17,19). The van der Waals surface area contributed by atoms with Crippen molar-refractivity contribution in [1.82, 2.24) is 10.3 Å². The molecule has 0 aliphatic carbocycles. The number of benzene rings is 1. The number of fused-ring (bicyclic) bond motifs is 1. The monoisotopic (exact) mass is 284 g/mol. The SMILES string of the molecule is Cc1cccc(CNC(=O)C2COc3ccccc3O2)n1. The molecule has 0 bridgehead atoms. The van der Waals surface area contributed by atoms with Gasteiger partial charge in [0.25, 0.3) is 5.91 Å². The van der Waals surface area contributed by atoms with Crippen molar-refractivity contribution in [2.24, 2.45) is 0 Å². The van der Waals surface area contributed by atoms with Gasteiger partial charge < -0.3 is 14.8 Å². The highest BCUT2D eigenvalue weighted by atomic mass is 16.6. The summed E-state index contributed by atoms with van der Waals surface area (Å²) in [7, 11) is 0. The summed E-state index contributed by atoms with van der Waals surface area (Å²) in [6, 6.07) is 13.0. The van der Waals surface area contributed by atoms with Crippen molar-refractivity contribution in [3.63, 3.8) is 0 Å². The van der Waals surface area contributed by atoms with E-state index in [1.54, 1.807) is 6.07 Å². The lowest BCUT2D eigenvalue weighted by atomic mass is 10.2. The number of aryl methyl sites for hydroxylation is 1. The highest BCUT2D eigenvalue weighted by molar-refractivity contribution is 5.81. The predicted octanol–water partition coefficient (Wildman–Crippen LogP) is 1.85. The first-order valence-corrected chi connectivity index (χ1v) is 6.81. The van der Waals surface area contributed by atoms with E-state index in [1.165, 1.54) is 0 Å². The van der Waals surface area contributed by atoms with Crippen LogP contribution in [-0.2, 0) is 11.3 Å². The summed E-state index contributed by atoms with van der Waals surface area (Å²) < 4.78 is 11.2. The number of carbonyl (C=O) groups is 1. The molecule has 21 heavy (non-hydrogen) atoms. The van der Waals surface area contributed by atoms with Gasteiger partial charge in [0.1, 0.15) is 6.61 Å². The first kappa shape index (κ1) is 13.4. The van der Waals surface area contributed by atoms with Gasteiger partial charge in [-0.25, -0.2) is 0 Å². The number of aromatic nitrogens is 1. The third-order valence-corrected chi connectivity index (χ3v) is 3.19.